The molecule has 3 rings (SSSR count). The fraction of sp³-hybridized carbons (Fsp3) is 0.250. The lowest BCUT2D eigenvalue weighted by molar-refractivity contribution is -0.126. The molecule has 1 atom stereocenters. The van der Waals surface area contributed by atoms with Gasteiger partial charge in [0.1, 0.15) is 0 Å². The first-order valence-electron chi connectivity index (χ1n) is 8.48. The summed E-state index contributed by atoms with van der Waals surface area (Å²) in [6.07, 6.45) is 4.73. The second-order valence-electron chi connectivity index (χ2n) is 6.31. The zero-order chi connectivity index (χ0) is 18.6. The van der Waals surface area contributed by atoms with Crippen molar-refractivity contribution in [2.45, 2.75) is 23.8 Å². The van der Waals surface area contributed by atoms with E-state index in [0.717, 1.165) is 12.0 Å². The SMILES string of the molecule is O=C(/C=C/c1ccc(Cl)cc1)N1CCCC1CS(=O)(=O)c1ccccc1. The molecule has 136 valence electrons. The molecule has 2 aromatic rings. The molecule has 1 aliphatic rings. The molecule has 6 heteroatoms. The fourth-order valence-corrected chi connectivity index (χ4v) is 4.86. The smallest absolute Gasteiger partial charge is 0.246 e. The maximum atomic E-state index is 12.6. The van der Waals surface area contributed by atoms with Crippen molar-refractivity contribution in [2.75, 3.05) is 12.3 Å². The molecule has 0 spiro atoms. The second-order valence-corrected chi connectivity index (χ2v) is 8.78. The van der Waals surface area contributed by atoms with Gasteiger partial charge < -0.3 is 4.90 Å². The molecule has 1 unspecified atom stereocenters. The highest BCUT2D eigenvalue weighted by atomic mass is 35.5. The van der Waals surface area contributed by atoms with E-state index in [1.54, 1.807) is 53.4 Å². The Hall–Kier alpha value is -2.11. The Balaban J connectivity index is 1.69. The number of carbonyl (C=O) groups is 1. The van der Waals surface area contributed by atoms with Gasteiger partial charge in [-0.25, -0.2) is 8.42 Å². The van der Waals surface area contributed by atoms with Crippen molar-refractivity contribution in [1.29, 1.82) is 0 Å². The molecule has 2 aromatic carbocycles. The normalized spacial score (nSPS) is 17.7. The third-order valence-electron chi connectivity index (χ3n) is 4.46. The third-order valence-corrected chi connectivity index (χ3v) is 6.53. The van der Waals surface area contributed by atoms with Crippen LogP contribution in [-0.2, 0) is 14.6 Å². The zero-order valence-electron chi connectivity index (χ0n) is 14.2. The van der Waals surface area contributed by atoms with Gasteiger partial charge in [-0.2, -0.15) is 0 Å². The summed E-state index contributed by atoms with van der Waals surface area (Å²) < 4.78 is 25.2. The Morgan fingerprint density at radius 2 is 1.81 bits per heavy atom. The standard InChI is InChI=1S/C20H20ClNO3S/c21-17-11-8-16(9-12-17)10-13-20(23)22-14-4-5-18(22)15-26(24,25)19-6-2-1-3-7-19/h1-3,6-13,18H,4-5,14-15H2/b13-10+. The van der Waals surface area contributed by atoms with E-state index in [4.69, 9.17) is 11.6 Å². The van der Waals surface area contributed by atoms with E-state index in [1.807, 2.05) is 12.1 Å². The van der Waals surface area contributed by atoms with E-state index >= 15 is 0 Å². The van der Waals surface area contributed by atoms with Gasteiger partial charge in [0.05, 0.1) is 10.6 Å². The van der Waals surface area contributed by atoms with Crippen LogP contribution in [0.25, 0.3) is 6.08 Å². The van der Waals surface area contributed by atoms with Gasteiger partial charge in [0.15, 0.2) is 9.84 Å². The topological polar surface area (TPSA) is 54.5 Å². The van der Waals surface area contributed by atoms with Crippen LogP contribution in [0.3, 0.4) is 0 Å². The summed E-state index contributed by atoms with van der Waals surface area (Å²) in [4.78, 5) is 14.5. The zero-order valence-corrected chi connectivity index (χ0v) is 15.8. The van der Waals surface area contributed by atoms with Crippen LogP contribution in [0.1, 0.15) is 18.4 Å². The Bertz CT molecular complexity index is 892. The Morgan fingerprint density at radius 3 is 2.50 bits per heavy atom. The van der Waals surface area contributed by atoms with Gasteiger partial charge in [-0.1, -0.05) is 41.9 Å². The number of nitrogens with zero attached hydrogens (tertiary/aromatic N) is 1. The van der Waals surface area contributed by atoms with Crippen LogP contribution in [0.2, 0.25) is 5.02 Å². The summed E-state index contributed by atoms with van der Waals surface area (Å²) in [5.41, 5.74) is 0.871. The molecule has 0 N–H and O–H groups in total. The number of halogens is 1. The maximum absolute atomic E-state index is 12.6. The molecular weight excluding hydrogens is 370 g/mol. The highest BCUT2D eigenvalue weighted by molar-refractivity contribution is 7.91. The molecular formula is C20H20ClNO3S. The lowest BCUT2D eigenvalue weighted by atomic mass is 10.2. The van der Waals surface area contributed by atoms with Gasteiger partial charge >= 0.3 is 0 Å². The predicted molar refractivity (Wildman–Crippen MR) is 104 cm³/mol. The monoisotopic (exact) mass is 389 g/mol. The molecule has 1 fully saturated rings. The van der Waals surface area contributed by atoms with E-state index in [9.17, 15) is 13.2 Å². The van der Waals surface area contributed by atoms with Gasteiger partial charge in [-0.3, -0.25) is 4.79 Å². The second kappa shape index (κ2) is 8.06. The number of rotatable bonds is 5. The molecule has 0 saturated carbocycles. The van der Waals surface area contributed by atoms with Crippen LogP contribution in [0.5, 0.6) is 0 Å². The van der Waals surface area contributed by atoms with Gasteiger partial charge in [0, 0.05) is 23.7 Å². The van der Waals surface area contributed by atoms with E-state index in [-0.39, 0.29) is 17.7 Å². The van der Waals surface area contributed by atoms with Crippen molar-refractivity contribution in [3.05, 3.63) is 71.3 Å². The lowest BCUT2D eigenvalue weighted by Gasteiger charge is -2.23. The Labute approximate surface area is 159 Å². The highest BCUT2D eigenvalue weighted by Crippen LogP contribution is 2.22. The first kappa shape index (κ1) is 18.7. The number of hydrogen-bond acceptors (Lipinski definition) is 3. The minimum absolute atomic E-state index is 0.0441. The molecule has 26 heavy (non-hydrogen) atoms. The van der Waals surface area contributed by atoms with Gasteiger partial charge in [0.25, 0.3) is 0 Å². The lowest BCUT2D eigenvalue weighted by Crippen LogP contribution is -2.38. The fourth-order valence-electron chi connectivity index (χ4n) is 3.11. The summed E-state index contributed by atoms with van der Waals surface area (Å²) >= 11 is 5.85. The quantitative estimate of drug-likeness (QED) is 0.730. The molecule has 1 aliphatic heterocycles. The number of amides is 1. The minimum atomic E-state index is -3.41. The highest BCUT2D eigenvalue weighted by Gasteiger charge is 2.32. The van der Waals surface area contributed by atoms with Gasteiger partial charge in [0.2, 0.25) is 5.91 Å². The molecule has 1 heterocycles. The summed E-state index contributed by atoms with van der Waals surface area (Å²) in [6, 6.07) is 15.3. The van der Waals surface area contributed by atoms with Crippen LogP contribution in [-0.4, -0.2) is 37.6 Å². The average molecular weight is 390 g/mol. The third kappa shape index (κ3) is 4.54. The predicted octanol–water partition coefficient (Wildman–Crippen LogP) is 3.82. The van der Waals surface area contributed by atoms with Crippen molar-refractivity contribution in [1.82, 2.24) is 4.90 Å². The number of likely N-dealkylation sites (tertiary alicyclic amines) is 1. The van der Waals surface area contributed by atoms with Crippen molar-refractivity contribution in [2.24, 2.45) is 0 Å². The summed E-state index contributed by atoms with van der Waals surface area (Å²) in [7, 11) is -3.41. The maximum Gasteiger partial charge on any atom is 0.246 e. The van der Waals surface area contributed by atoms with Crippen molar-refractivity contribution >= 4 is 33.4 Å². The largest absolute Gasteiger partial charge is 0.335 e. The Morgan fingerprint density at radius 1 is 1.12 bits per heavy atom. The Kier molecular flexibility index (Phi) is 5.79. The van der Waals surface area contributed by atoms with Crippen molar-refractivity contribution < 1.29 is 13.2 Å². The number of benzene rings is 2. The van der Waals surface area contributed by atoms with Crippen LogP contribution in [0.4, 0.5) is 0 Å². The van der Waals surface area contributed by atoms with Crippen molar-refractivity contribution in [3.63, 3.8) is 0 Å². The summed E-state index contributed by atoms with van der Waals surface area (Å²) in [5.74, 6) is -0.205. The molecule has 0 aromatic heterocycles. The van der Waals surface area contributed by atoms with Gasteiger partial charge in [-0.05, 0) is 48.7 Å². The number of carbonyl (C=O) groups excluding carboxylic acids is 1. The average Bonchev–Trinajstić information content (AvgIpc) is 3.09. The summed E-state index contributed by atoms with van der Waals surface area (Å²) in [5, 5.41) is 0.638. The van der Waals surface area contributed by atoms with Crippen molar-refractivity contribution in [3.8, 4) is 0 Å². The molecule has 1 saturated heterocycles. The number of sulfone groups is 1. The molecule has 0 radical (unpaired) electrons. The van der Waals surface area contributed by atoms with E-state index in [2.05, 4.69) is 0 Å². The molecule has 0 bridgehead atoms. The van der Waals surface area contributed by atoms with E-state index in [0.29, 0.717) is 22.9 Å². The first-order valence-corrected chi connectivity index (χ1v) is 10.5. The number of hydrogen-bond donors (Lipinski definition) is 0. The summed E-state index contributed by atoms with van der Waals surface area (Å²) in [6.45, 7) is 0.582. The van der Waals surface area contributed by atoms with Crippen LogP contribution >= 0.6 is 11.6 Å². The molecule has 4 nitrogen and oxygen atoms in total. The van der Waals surface area contributed by atoms with Crippen LogP contribution < -0.4 is 0 Å². The molecule has 0 aliphatic carbocycles. The van der Waals surface area contributed by atoms with E-state index in [1.165, 1.54) is 6.08 Å². The molecule has 1 amide bonds. The van der Waals surface area contributed by atoms with Gasteiger partial charge in [-0.15, -0.1) is 0 Å². The van der Waals surface area contributed by atoms with Crippen LogP contribution in [0, 0.1) is 0 Å². The minimum Gasteiger partial charge on any atom is -0.335 e. The van der Waals surface area contributed by atoms with E-state index < -0.39 is 9.84 Å². The first-order chi connectivity index (χ1) is 12.5. The van der Waals surface area contributed by atoms with Crippen LogP contribution in [0.15, 0.2) is 65.6 Å².